The number of hydrogen-bond donors (Lipinski definition) is 1. The zero-order valence-corrected chi connectivity index (χ0v) is 12.7. The molecule has 1 aliphatic rings. The van der Waals surface area contributed by atoms with E-state index in [0.717, 1.165) is 19.5 Å². The summed E-state index contributed by atoms with van der Waals surface area (Å²) in [5, 5.41) is 7.62. The predicted octanol–water partition coefficient (Wildman–Crippen LogP) is 2.44. The average Bonchev–Trinajstić information content (AvgIpc) is 2.90. The van der Waals surface area contributed by atoms with Gasteiger partial charge in [-0.25, -0.2) is 0 Å². The Kier molecular flexibility index (Phi) is 5.17. The second-order valence-electron chi connectivity index (χ2n) is 5.76. The van der Waals surface area contributed by atoms with Gasteiger partial charge in [0.15, 0.2) is 11.5 Å². The molecule has 0 atom stereocenters. The molecule has 2 heterocycles. The molecule has 0 unspecified atom stereocenters. The van der Waals surface area contributed by atoms with Crippen molar-refractivity contribution in [2.45, 2.75) is 45.6 Å². The molecule has 1 aliphatic heterocycles. The van der Waals surface area contributed by atoms with Crippen molar-refractivity contribution in [1.82, 2.24) is 15.1 Å². The number of carbonyl (C=O) groups is 1. The van der Waals surface area contributed by atoms with E-state index < -0.39 is 0 Å². The van der Waals surface area contributed by atoms with Crippen LogP contribution in [0.1, 0.15) is 56.1 Å². The Bertz CT molecular complexity index is 448. The number of nitrogens with one attached hydrogen (secondary N) is 1. The van der Waals surface area contributed by atoms with Gasteiger partial charge in [0.1, 0.15) is 5.69 Å². The first-order valence-electron chi connectivity index (χ1n) is 7.49. The highest BCUT2D eigenvalue weighted by Gasteiger charge is 2.22. The molecule has 0 spiro atoms. The smallest absolute Gasteiger partial charge is 0.184 e. The number of nitrogens with zero attached hydrogens (tertiary/aromatic N) is 2. The maximum atomic E-state index is 12.5. The Morgan fingerprint density at radius 1 is 1.50 bits per heavy atom. The standard InChI is InChI=1S/C15H25N3O2/c1-11(2)18-15(14(20-3)10-17-18)13(19)5-4-12-6-8-16-9-7-12/h10-12,16H,4-9H2,1-3H3. The zero-order chi connectivity index (χ0) is 14.5. The van der Waals surface area contributed by atoms with E-state index in [1.54, 1.807) is 18.0 Å². The van der Waals surface area contributed by atoms with Crippen LogP contribution in [0.2, 0.25) is 0 Å². The molecular formula is C15H25N3O2. The van der Waals surface area contributed by atoms with Crippen LogP contribution >= 0.6 is 0 Å². The van der Waals surface area contributed by atoms with Gasteiger partial charge in [-0.2, -0.15) is 5.10 Å². The summed E-state index contributed by atoms with van der Waals surface area (Å²) in [6.07, 6.45) is 5.53. The van der Waals surface area contributed by atoms with E-state index in [-0.39, 0.29) is 11.8 Å². The zero-order valence-electron chi connectivity index (χ0n) is 12.7. The SMILES string of the molecule is COc1cnn(C(C)C)c1C(=O)CCC1CCNCC1. The summed E-state index contributed by atoms with van der Waals surface area (Å²) < 4.78 is 7.04. The van der Waals surface area contributed by atoms with Crippen LogP contribution in [0.3, 0.4) is 0 Å². The molecule has 1 aromatic heterocycles. The van der Waals surface area contributed by atoms with E-state index >= 15 is 0 Å². The van der Waals surface area contributed by atoms with Crippen LogP contribution in [0.15, 0.2) is 6.20 Å². The first-order chi connectivity index (χ1) is 9.63. The third kappa shape index (κ3) is 3.39. The van der Waals surface area contributed by atoms with E-state index in [4.69, 9.17) is 4.74 Å². The highest BCUT2D eigenvalue weighted by atomic mass is 16.5. The van der Waals surface area contributed by atoms with Crippen LogP contribution in [0.5, 0.6) is 5.75 Å². The Balaban J connectivity index is 2.02. The lowest BCUT2D eigenvalue weighted by Crippen LogP contribution is -2.28. The topological polar surface area (TPSA) is 56.2 Å². The number of ether oxygens (including phenoxy) is 1. The van der Waals surface area contributed by atoms with Gasteiger partial charge < -0.3 is 10.1 Å². The van der Waals surface area contributed by atoms with Gasteiger partial charge in [-0.05, 0) is 52.1 Å². The largest absolute Gasteiger partial charge is 0.493 e. The third-order valence-corrected chi connectivity index (χ3v) is 3.97. The fraction of sp³-hybridized carbons (Fsp3) is 0.733. The molecule has 1 saturated heterocycles. The minimum Gasteiger partial charge on any atom is -0.493 e. The van der Waals surface area contributed by atoms with Crippen LogP contribution in [0.4, 0.5) is 0 Å². The molecule has 0 bridgehead atoms. The number of aromatic nitrogens is 2. The second-order valence-corrected chi connectivity index (χ2v) is 5.76. The maximum absolute atomic E-state index is 12.5. The molecule has 0 saturated carbocycles. The van der Waals surface area contributed by atoms with E-state index in [1.165, 1.54) is 12.8 Å². The van der Waals surface area contributed by atoms with Gasteiger partial charge >= 0.3 is 0 Å². The van der Waals surface area contributed by atoms with Crippen molar-refractivity contribution in [1.29, 1.82) is 0 Å². The fourth-order valence-electron chi connectivity index (χ4n) is 2.78. The predicted molar refractivity (Wildman–Crippen MR) is 78.3 cm³/mol. The summed E-state index contributed by atoms with van der Waals surface area (Å²) in [6.45, 7) is 6.20. The minimum absolute atomic E-state index is 0.145. The summed E-state index contributed by atoms with van der Waals surface area (Å²) in [7, 11) is 1.59. The van der Waals surface area contributed by atoms with Crippen LogP contribution in [0, 0.1) is 5.92 Å². The number of methoxy groups -OCH3 is 1. The first-order valence-corrected chi connectivity index (χ1v) is 7.49. The minimum atomic E-state index is 0.145. The first kappa shape index (κ1) is 15.0. The summed E-state index contributed by atoms with van der Waals surface area (Å²) >= 11 is 0. The van der Waals surface area contributed by atoms with E-state index in [9.17, 15) is 4.79 Å². The van der Waals surface area contributed by atoms with Crippen LogP contribution < -0.4 is 10.1 Å². The molecule has 112 valence electrons. The van der Waals surface area contributed by atoms with E-state index in [0.29, 0.717) is 23.8 Å². The van der Waals surface area contributed by atoms with Crippen LogP contribution in [-0.2, 0) is 0 Å². The van der Waals surface area contributed by atoms with Gasteiger partial charge in [0.25, 0.3) is 0 Å². The van der Waals surface area contributed by atoms with Crippen molar-refractivity contribution in [3.8, 4) is 5.75 Å². The van der Waals surface area contributed by atoms with Gasteiger partial charge in [-0.3, -0.25) is 9.48 Å². The molecule has 2 rings (SSSR count). The molecule has 5 heteroatoms. The van der Waals surface area contributed by atoms with Crippen LogP contribution in [0.25, 0.3) is 0 Å². The van der Waals surface area contributed by atoms with Gasteiger partial charge in [0.2, 0.25) is 0 Å². The molecule has 1 aromatic rings. The number of carbonyl (C=O) groups excluding carboxylic acids is 1. The quantitative estimate of drug-likeness (QED) is 0.813. The molecule has 1 fully saturated rings. The van der Waals surface area contributed by atoms with Crippen molar-refractivity contribution < 1.29 is 9.53 Å². The second kappa shape index (κ2) is 6.88. The lowest BCUT2D eigenvalue weighted by molar-refractivity contribution is 0.0955. The normalized spacial score (nSPS) is 16.6. The molecular weight excluding hydrogens is 254 g/mol. The van der Waals surface area contributed by atoms with Crippen molar-refractivity contribution in [3.63, 3.8) is 0 Å². The summed E-state index contributed by atoms with van der Waals surface area (Å²) in [5.74, 6) is 1.40. The van der Waals surface area contributed by atoms with E-state index in [1.807, 2.05) is 13.8 Å². The van der Waals surface area contributed by atoms with Crippen molar-refractivity contribution in [2.75, 3.05) is 20.2 Å². The fourth-order valence-corrected chi connectivity index (χ4v) is 2.78. The molecule has 0 aromatic carbocycles. The van der Waals surface area contributed by atoms with Crippen LogP contribution in [-0.4, -0.2) is 35.8 Å². The Hall–Kier alpha value is -1.36. The highest BCUT2D eigenvalue weighted by molar-refractivity contribution is 5.97. The number of rotatable bonds is 6. The Labute approximate surface area is 120 Å². The van der Waals surface area contributed by atoms with Gasteiger partial charge in [-0.1, -0.05) is 0 Å². The molecule has 0 amide bonds. The van der Waals surface area contributed by atoms with Crippen molar-refractivity contribution in [2.24, 2.45) is 5.92 Å². The average molecular weight is 279 g/mol. The highest BCUT2D eigenvalue weighted by Crippen LogP contribution is 2.25. The van der Waals surface area contributed by atoms with Gasteiger partial charge in [0.05, 0.1) is 13.3 Å². The van der Waals surface area contributed by atoms with E-state index in [2.05, 4.69) is 10.4 Å². The third-order valence-electron chi connectivity index (χ3n) is 3.97. The summed E-state index contributed by atoms with van der Waals surface area (Å²) in [5.41, 5.74) is 0.622. The van der Waals surface area contributed by atoms with Crippen molar-refractivity contribution in [3.05, 3.63) is 11.9 Å². The number of Topliss-reactive ketones (excluding diaryl/α,β-unsaturated/α-hetero) is 1. The summed E-state index contributed by atoms with van der Waals surface area (Å²) in [6, 6.07) is 0.164. The molecule has 20 heavy (non-hydrogen) atoms. The molecule has 0 aliphatic carbocycles. The lowest BCUT2D eigenvalue weighted by atomic mass is 9.92. The maximum Gasteiger partial charge on any atom is 0.184 e. The van der Waals surface area contributed by atoms with Crippen molar-refractivity contribution >= 4 is 5.78 Å². The Morgan fingerprint density at radius 2 is 2.20 bits per heavy atom. The number of ketones is 1. The molecule has 1 N–H and O–H groups in total. The Morgan fingerprint density at radius 3 is 2.80 bits per heavy atom. The molecule has 0 radical (unpaired) electrons. The lowest BCUT2D eigenvalue weighted by Gasteiger charge is -2.22. The number of piperidine rings is 1. The summed E-state index contributed by atoms with van der Waals surface area (Å²) in [4.78, 5) is 12.5. The van der Waals surface area contributed by atoms with Gasteiger partial charge in [-0.15, -0.1) is 0 Å². The monoisotopic (exact) mass is 279 g/mol. The molecule has 5 nitrogen and oxygen atoms in total. The van der Waals surface area contributed by atoms with Gasteiger partial charge in [0, 0.05) is 12.5 Å². The number of hydrogen-bond acceptors (Lipinski definition) is 4.